The molecule has 0 aliphatic rings. The highest BCUT2D eigenvalue weighted by atomic mass is 31.2. The summed E-state index contributed by atoms with van der Waals surface area (Å²) in [6.45, 7) is 0.0237. The highest BCUT2D eigenvalue weighted by molar-refractivity contribution is 7.74. The molecule has 23 heavy (non-hydrogen) atoms. The summed E-state index contributed by atoms with van der Waals surface area (Å²) in [6.07, 6.45) is 3.01. The Labute approximate surface area is 133 Å². The van der Waals surface area contributed by atoms with Gasteiger partial charge in [-0.05, 0) is 11.6 Å². The quantitative estimate of drug-likeness (QED) is 0.473. The zero-order valence-corrected chi connectivity index (χ0v) is 14.1. The lowest BCUT2D eigenvalue weighted by molar-refractivity contribution is -0.702. The third kappa shape index (κ3) is 3.78. The molecule has 1 aromatic carbocycles. The zero-order chi connectivity index (χ0) is 17.3. The van der Waals surface area contributed by atoms with Crippen LogP contribution in [-0.4, -0.2) is 31.5 Å². The number of benzene rings is 1. The van der Waals surface area contributed by atoms with E-state index >= 15 is 0 Å². The van der Waals surface area contributed by atoms with Crippen LogP contribution in [0.15, 0.2) is 54.9 Å². The largest absolute Gasteiger partial charge is 0.373 e. The summed E-state index contributed by atoms with van der Waals surface area (Å²) < 4.78 is 24.7. The van der Waals surface area contributed by atoms with Crippen molar-refractivity contribution in [3.63, 3.8) is 0 Å². The number of aliphatic hydroxyl groups is 1. The molecule has 0 aliphatic heterocycles. The molecule has 0 saturated heterocycles. The zero-order valence-electron chi connectivity index (χ0n) is 12.4. The molecule has 2 aromatic rings. The van der Waals surface area contributed by atoms with E-state index in [4.69, 9.17) is 0 Å². The van der Waals surface area contributed by atoms with Gasteiger partial charge in [-0.25, -0.2) is 4.57 Å². The van der Waals surface area contributed by atoms with Gasteiger partial charge in [-0.15, -0.1) is 0 Å². The molecule has 0 radical (unpaired) electrons. The van der Waals surface area contributed by atoms with Crippen molar-refractivity contribution in [2.45, 2.75) is 11.6 Å². The van der Waals surface area contributed by atoms with E-state index in [0.29, 0.717) is 0 Å². The summed E-state index contributed by atoms with van der Waals surface area (Å²) in [5.74, 6) is 0. The van der Waals surface area contributed by atoms with Gasteiger partial charge in [0.1, 0.15) is 0 Å². The Balaban J connectivity index is 2.44. The molecule has 1 heterocycles. The van der Waals surface area contributed by atoms with Crippen molar-refractivity contribution in [3.05, 3.63) is 54.9 Å². The van der Waals surface area contributed by atoms with Crippen LogP contribution in [-0.2, 0) is 15.7 Å². The predicted molar refractivity (Wildman–Crippen MR) is 84.8 cm³/mol. The van der Waals surface area contributed by atoms with E-state index in [1.165, 1.54) is 10.8 Å². The van der Waals surface area contributed by atoms with Crippen LogP contribution in [0, 0.1) is 0 Å². The fourth-order valence-electron chi connectivity index (χ4n) is 2.13. The minimum Gasteiger partial charge on any atom is -0.365 e. The van der Waals surface area contributed by atoms with Gasteiger partial charge in [0.05, 0.1) is 0 Å². The van der Waals surface area contributed by atoms with Crippen LogP contribution in [0.5, 0.6) is 0 Å². The average molecular weight is 358 g/mol. The molecular weight excluding hydrogens is 340 g/mol. The van der Waals surface area contributed by atoms with Crippen LogP contribution in [0.2, 0.25) is 0 Å². The Kier molecular flexibility index (Phi) is 4.92. The molecule has 0 spiro atoms. The first-order chi connectivity index (χ1) is 10.5. The van der Waals surface area contributed by atoms with Gasteiger partial charge in [-0.3, -0.25) is 9.13 Å². The molecule has 9 heteroatoms. The highest BCUT2D eigenvalue weighted by Crippen LogP contribution is 2.67. The van der Waals surface area contributed by atoms with Crippen molar-refractivity contribution < 1.29 is 33.5 Å². The van der Waals surface area contributed by atoms with Crippen LogP contribution in [0.25, 0.3) is 11.1 Å². The van der Waals surface area contributed by atoms with Crippen LogP contribution in [0.4, 0.5) is 0 Å². The Hall–Kier alpha value is -1.33. The maximum atomic E-state index is 11.8. The lowest BCUT2D eigenvalue weighted by Crippen LogP contribution is -2.47. The summed E-state index contributed by atoms with van der Waals surface area (Å²) in [5, 5.41) is 7.16. The third-order valence-corrected chi connectivity index (χ3v) is 7.93. The van der Waals surface area contributed by atoms with Crippen LogP contribution in [0.1, 0.15) is 0 Å². The van der Waals surface area contributed by atoms with Crippen LogP contribution >= 0.6 is 15.0 Å². The minimum absolute atomic E-state index is 0.706. The second kappa shape index (κ2) is 6.29. The second-order valence-corrected chi connectivity index (χ2v) is 10.0. The van der Waals surface area contributed by atoms with E-state index in [0.717, 1.165) is 17.8 Å². The van der Waals surface area contributed by atoms with Gasteiger partial charge >= 0.3 is 12.7 Å². The van der Waals surface area contributed by atoms with Crippen LogP contribution in [0.3, 0.4) is 0 Å². The average Bonchev–Trinajstić information content (AvgIpc) is 2.46. The molecule has 1 aromatic heterocycles. The summed E-state index contributed by atoms with van der Waals surface area (Å²) >= 11 is 0. The van der Waals surface area contributed by atoms with Crippen molar-refractivity contribution in [2.75, 3.05) is 6.66 Å². The van der Waals surface area contributed by atoms with Gasteiger partial charge < -0.3 is 19.8 Å². The summed E-state index contributed by atoms with van der Waals surface area (Å²) in [4.78, 5) is 28.3. The Morgan fingerprint density at radius 3 is 2.09 bits per heavy atom. The van der Waals surface area contributed by atoms with Crippen molar-refractivity contribution in [1.82, 2.24) is 0 Å². The van der Waals surface area contributed by atoms with E-state index < -0.39 is 26.6 Å². The molecule has 0 saturated carbocycles. The Morgan fingerprint density at radius 1 is 1.00 bits per heavy atom. The molecule has 2 unspecified atom stereocenters. The summed E-state index contributed by atoms with van der Waals surface area (Å²) in [5.41, 5.74) is 1.61. The number of nitrogens with zero attached hydrogens (tertiary/aromatic N) is 1. The first kappa shape index (κ1) is 18.0. The maximum absolute atomic E-state index is 11.8. The van der Waals surface area contributed by atoms with Crippen molar-refractivity contribution in [2.24, 2.45) is 0 Å². The fourth-order valence-corrected chi connectivity index (χ4v) is 4.84. The Morgan fingerprint density at radius 2 is 1.57 bits per heavy atom. The number of hydrogen-bond acceptors (Lipinski definition) is 3. The van der Waals surface area contributed by atoms with Gasteiger partial charge in [0, 0.05) is 18.3 Å². The molecule has 124 valence electrons. The van der Waals surface area contributed by atoms with Crippen molar-refractivity contribution in [3.8, 4) is 11.1 Å². The molecule has 0 fully saturated rings. The van der Waals surface area contributed by atoms with E-state index in [2.05, 4.69) is 0 Å². The van der Waals surface area contributed by atoms with Crippen molar-refractivity contribution in [1.29, 1.82) is 0 Å². The molecule has 4 N–H and O–H groups in total. The van der Waals surface area contributed by atoms with E-state index in [1.807, 2.05) is 30.3 Å². The number of pyridine rings is 1. The SMILES string of the molecule is CP(=O)(O)C(O)(C[n+]1cccc(-c2ccccc2)c1)P(=O)(O)O. The topological polar surface area (TPSA) is 119 Å². The third-order valence-electron chi connectivity index (χ3n) is 3.49. The first-order valence-electron chi connectivity index (χ1n) is 6.67. The van der Waals surface area contributed by atoms with E-state index in [1.54, 1.807) is 18.3 Å². The lowest BCUT2D eigenvalue weighted by Gasteiger charge is -2.27. The number of aromatic nitrogens is 1. The smallest absolute Gasteiger partial charge is 0.365 e. The highest BCUT2D eigenvalue weighted by Gasteiger charge is 2.60. The van der Waals surface area contributed by atoms with Crippen molar-refractivity contribution >= 4 is 15.0 Å². The minimum atomic E-state index is -5.24. The monoisotopic (exact) mass is 358 g/mol. The Bertz CT molecular complexity index is 761. The van der Waals surface area contributed by atoms with Gasteiger partial charge in [0.15, 0.2) is 18.9 Å². The molecule has 0 aliphatic carbocycles. The maximum Gasteiger partial charge on any atom is 0.373 e. The van der Waals surface area contributed by atoms with Gasteiger partial charge in [-0.1, -0.05) is 30.3 Å². The molecular formula is C14H18NO6P2+. The molecule has 7 nitrogen and oxygen atoms in total. The van der Waals surface area contributed by atoms with Gasteiger partial charge in [-0.2, -0.15) is 0 Å². The van der Waals surface area contributed by atoms with E-state index in [9.17, 15) is 28.9 Å². The van der Waals surface area contributed by atoms with E-state index in [-0.39, 0.29) is 0 Å². The molecule has 2 atom stereocenters. The van der Waals surface area contributed by atoms with Gasteiger partial charge in [0.25, 0.3) is 0 Å². The molecule has 0 amide bonds. The number of hydrogen-bond donors (Lipinski definition) is 4. The van der Waals surface area contributed by atoms with Gasteiger partial charge in [0.2, 0.25) is 7.37 Å². The fraction of sp³-hybridized carbons (Fsp3) is 0.214. The normalized spacial score (nSPS) is 17.3. The van der Waals surface area contributed by atoms with Crippen LogP contribution < -0.4 is 4.57 Å². The standard InChI is InChI=1S/C14H17NO6P2/c1-22(17,18)14(16,23(19,20)21)11-15-9-5-8-13(10-15)12-6-3-2-4-7-12/h2-10,16H,11H2,1H3,(H2-,17,18,19,20,21)/p+1. The predicted octanol–water partition coefficient (Wildman–Crippen LogP) is 1.37. The summed E-state index contributed by atoms with van der Waals surface area (Å²) in [7, 11) is -9.73. The summed E-state index contributed by atoms with van der Waals surface area (Å²) in [6, 6.07) is 12.6. The molecule has 2 rings (SSSR count). The lowest BCUT2D eigenvalue weighted by atomic mass is 10.1. The number of rotatable bonds is 5. The second-order valence-electron chi connectivity index (χ2n) is 5.33. The molecule has 0 bridgehead atoms. The first-order valence-corrected chi connectivity index (χ1v) is 10.4.